The third kappa shape index (κ3) is 3.85. The zero-order chi connectivity index (χ0) is 15.4. The molecule has 0 unspecified atom stereocenters. The first-order chi connectivity index (χ1) is 9.97. The van der Waals surface area contributed by atoms with Crippen LogP contribution in [0.2, 0.25) is 0 Å². The van der Waals surface area contributed by atoms with Gasteiger partial charge >= 0.3 is 0 Å². The van der Waals surface area contributed by atoms with E-state index >= 15 is 0 Å². The van der Waals surface area contributed by atoms with E-state index in [0.717, 1.165) is 12.2 Å². The van der Waals surface area contributed by atoms with E-state index in [1.165, 1.54) is 16.7 Å². The second kappa shape index (κ2) is 6.44. The Morgan fingerprint density at radius 3 is 2.48 bits per heavy atom. The van der Waals surface area contributed by atoms with Crippen molar-refractivity contribution in [2.24, 2.45) is 0 Å². The average molecular weight is 282 g/mol. The predicted molar refractivity (Wildman–Crippen MR) is 87.7 cm³/mol. The normalized spacial score (nSPS) is 10.3. The Bertz CT molecular complexity index is 647. The van der Waals surface area contributed by atoms with Crippen LogP contribution >= 0.6 is 0 Å². The molecular weight excluding hydrogens is 260 g/mol. The third-order valence-corrected chi connectivity index (χ3v) is 3.58. The molecular formula is C18H22N2O. The van der Waals surface area contributed by atoms with Crippen molar-refractivity contribution < 1.29 is 4.79 Å². The van der Waals surface area contributed by atoms with E-state index in [4.69, 9.17) is 0 Å². The fourth-order valence-electron chi connectivity index (χ4n) is 2.14. The van der Waals surface area contributed by atoms with Crippen molar-refractivity contribution in [3.8, 4) is 0 Å². The molecule has 110 valence electrons. The van der Waals surface area contributed by atoms with Crippen molar-refractivity contribution in [1.82, 2.24) is 4.90 Å². The van der Waals surface area contributed by atoms with Crippen LogP contribution in [0.5, 0.6) is 0 Å². The summed E-state index contributed by atoms with van der Waals surface area (Å²) in [5.74, 6) is 0.0184. The Hall–Kier alpha value is -2.29. The Balaban J connectivity index is 2.08. The molecule has 3 heteroatoms. The van der Waals surface area contributed by atoms with Gasteiger partial charge in [0.2, 0.25) is 0 Å². The molecule has 0 atom stereocenters. The number of hydrogen-bond acceptors (Lipinski definition) is 2. The maximum absolute atomic E-state index is 12.0. The molecule has 2 aromatic rings. The number of rotatable bonds is 4. The Morgan fingerprint density at radius 1 is 1.05 bits per heavy atom. The summed E-state index contributed by atoms with van der Waals surface area (Å²) < 4.78 is 0. The van der Waals surface area contributed by atoms with Gasteiger partial charge in [0.05, 0.1) is 0 Å². The van der Waals surface area contributed by atoms with E-state index in [2.05, 4.69) is 37.4 Å². The molecule has 0 saturated heterocycles. The van der Waals surface area contributed by atoms with Crippen LogP contribution in [0, 0.1) is 13.8 Å². The molecule has 21 heavy (non-hydrogen) atoms. The van der Waals surface area contributed by atoms with Gasteiger partial charge in [-0.2, -0.15) is 0 Å². The lowest BCUT2D eigenvalue weighted by Gasteiger charge is -2.12. The van der Waals surface area contributed by atoms with Crippen molar-refractivity contribution in [2.45, 2.75) is 20.4 Å². The summed E-state index contributed by atoms with van der Waals surface area (Å²) in [5, 5.41) is 3.37. The van der Waals surface area contributed by atoms with E-state index < -0.39 is 0 Å². The van der Waals surface area contributed by atoms with Gasteiger partial charge in [0.1, 0.15) is 0 Å². The molecule has 2 rings (SSSR count). The average Bonchev–Trinajstić information content (AvgIpc) is 2.48. The Kier molecular flexibility index (Phi) is 4.63. The van der Waals surface area contributed by atoms with Gasteiger partial charge in [-0.15, -0.1) is 0 Å². The summed E-state index contributed by atoms with van der Waals surface area (Å²) in [7, 11) is 3.52. The third-order valence-electron chi connectivity index (χ3n) is 3.58. The standard InChI is InChI=1S/C18H22N2O/c1-13-8-9-15(10-14(13)2)12-19-17-7-5-6-16(11-17)18(21)20(3)4/h5-11,19H,12H2,1-4H3. The van der Waals surface area contributed by atoms with E-state index in [1.807, 2.05) is 24.3 Å². The Morgan fingerprint density at radius 2 is 1.81 bits per heavy atom. The van der Waals surface area contributed by atoms with Crippen molar-refractivity contribution in [3.05, 3.63) is 64.7 Å². The quantitative estimate of drug-likeness (QED) is 0.929. The van der Waals surface area contributed by atoms with Gasteiger partial charge < -0.3 is 10.2 Å². The van der Waals surface area contributed by atoms with Gasteiger partial charge in [0.25, 0.3) is 5.91 Å². The van der Waals surface area contributed by atoms with Crippen molar-refractivity contribution >= 4 is 11.6 Å². The number of aryl methyl sites for hydroxylation is 2. The predicted octanol–water partition coefficient (Wildman–Crippen LogP) is 3.62. The SMILES string of the molecule is Cc1ccc(CNc2cccc(C(=O)N(C)C)c2)cc1C. The Labute approximate surface area is 126 Å². The highest BCUT2D eigenvalue weighted by atomic mass is 16.2. The molecule has 1 N–H and O–H groups in total. The summed E-state index contributed by atoms with van der Waals surface area (Å²) in [5.41, 5.74) is 5.50. The maximum atomic E-state index is 12.0. The topological polar surface area (TPSA) is 32.3 Å². The number of hydrogen-bond donors (Lipinski definition) is 1. The molecule has 0 aliphatic heterocycles. The van der Waals surface area contributed by atoms with Crippen molar-refractivity contribution in [3.63, 3.8) is 0 Å². The molecule has 0 aliphatic carbocycles. The largest absolute Gasteiger partial charge is 0.381 e. The number of carbonyl (C=O) groups excluding carboxylic acids is 1. The van der Waals surface area contributed by atoms with Gasteiger partial charge in [-0.05, 0) is 48.7 Å². The van der Waals surface area contributed by atoms with Crippen LogP contribution < -0.4 is 5.32 Å². The van der Waals surface area contributed by atoms with Crippen LogP contribution in [-0.2, 0) is 6.54 Å². The lowest BCUT2D eigenvalue weighted by Crippen LogP contribution is -2.21. The summed E-state index contributed by atoms with van der Waals surface area (Å²) >= 11 is 0. The first kappa shape index (κ1) is 15.1. The van der Waals surface area contributed by atoms with Gasteiger partial charge in [-0.25, -0.2) is 0 Å². The number of carbonyl (C=O) groups is 1. The maximum Gasteiger partial charge on any atom is 0.253 e. The highest BCUT2D eigenvalue weighted by Gasteiger charge is 2.08. The van der Waals surface area contributed by atoms with Gasteiger partial charge in [-0.1, -0.05) is 24.3 Å². The fraction of sp³-hybridized carbons (Fsp3) is 0.278. The highest BCUT2D eigenvalue weighted by molar-refractivity contribution is 5.94. The van der Waals surface area contributed by atoms with Crippen LogP contribution in [0.1, 0.15) is 27.0 Å². The van der Waals surface area contributed by atoms with Crippen molar-refractivity contribution in [2.75, 3.05) is 19.4 Å². The molecule has 1 amide bonds. The monoisotopic (exact) mass is 282 g/mol. The molecule has 0 heterocycles. The zero-order valence-corrected chi connectivity index (χ0v) is 13.1. The number of benzene rings is 2. The van der Waals surface area contributed by atoms with Crippen molar-refractivity contribution in [1.29, 1.82) is 0 Å². The summed E-state index contributed by atoms with van der Waals surface area (Å²) in [6.07, 6.45) is 0. The minimum absolute atomic E-state index is 0.0184. The van der Waals surface area contributed by atoms with E-state index in [-0.39, 0.29) is 5.91 Å². The number of anilines is 1. The van der Waals surface area contributed by atoms with Crippen LogP contribution in [-0.4, -0.2) is 24.9 Å². The fourth-order valence-corrected chi connectivity index (χ4v) is 2.14. The molecule has 2 aromatic carbocycles. The molecule has 0 fully saturated rings. The van der Waals surface area contributed by atoms with Crippen LogP contribution in [0.3, 0.4) is 0 Å². The lowest BCUT2D eigenvalue weighted by atomic mass is 10.1. The number of nitrogens with zero attached hydrogens (tertiary/aromatic N) is 1. The molecule has 0 aliphatic rings. The summed E-state index contributed by atoms with van der Waals surface area (Å²) in [4.78, 5) is 13.5. The van der Waals surface area contributed by atoms with Crippen LogP contribution in [0.25, 0.3) is 0 Å². The molecule has 0 spiro atoms. The van der Waals surface area contributed by atoms with E-state index in [1.54, 1.807) is 19.0 Å². The summed E-state index contributed by atoms with van der Waals surface area (Å²) in [6, 6.07) is 14.1. The molecule has 3 nitrogen and oxygen atoms in total. The van der Waals surface area contributed by atoms with Crippen LogP contribution in [0.4, 0.5) is 5.69 Å². The highest BCUT2D eigenvalue weighted by Crippen LogP contribution is 2.15. The number of amides is 1. The number of nitrogens with one attached hydrogen (secondary N) is 1. The molecule has 0 saturated carbocycles. The second-order valence-electron chi connectivity index (χ2n) is 5.55. The first-order valence-corrected chi connectivity index (χ1v) is 7.09. The van der Waals surface area contributed by atoms with E-state index in [0.29, 0.717) is 5.56 Å². The minimum Gasteiger partial charge on any atom is -0.381 e. The molecule has 0 radical (unpaired) electrons. The van der Waals surface area contributed by atoms with Gasteiger partial charge in [0, 0.05) is 31.9 Å². The first-order valence-electron chi connectivity index (χ1n) is 7.09. The smallest absolute Gasteiger partial charge is 0.253 e. The lowest BCUT2D eigenvalue weighted by molar-refractivity contribution is 0.0827. The summed E-state index contributed by atoms with van der Waals surface area (Å²) in [6.45, 7) is 4.98. The van der Waals surface area contributed by atoms with Gasteiger partial charge in [0.15, 0.2) is 0 Å². The van der Waals surface area contributed by atoms with E-state index in [9.17, 15) is 4.79 Å². The molecule has 0 aromatic heterocycles. The molecule has 0 bridgehead atoms. The second-order valence-corrected chi connectivity index (χ2v) is 5.55. The minimum atomic E-state index is 0.0184. The van der Waals surface area contributed by atoms with Gasteiger partial charge in [-0.3, -0.25) is 4.79 Å². The zero-order valence-electron chi connectivity index (χ0n) is 13.1. The van der Waals surface area contributed by atoms with Crippen LogP contribution in [0.15, 0.2) is 42.5 Å².